The lowest BCUT2D eigenvalue weighted by atomic mass is 10.2. The molecular weight excluding hydrogens is 286 g/mol. The molecular formula is C11H13N3O5S. The molecule has 0 spiro atoms. The lowest BCUT2D eigenvalue weighted by molar-refractivity contribution is -0.122. The highest BCUT2D eigenvalue weighted by Crippen LogP contribution is 2.23. The molecule has 20 heavy (non-hydrogen) atoms. The molecule has 1 heterocycles. The summed E-state index contributed by atoms with van der Waals surface area (Å²) in [4.78, 5) is 22.0. The molecule has 2 rings (SSSR count). The molecule has 0 aromatic heterocycles. The molecule has 1 aromatic carbocycles. The number of benzene rings is 1. The molecule has 1 amide bonds. The Morgan fingerprint density at radius 3 is 2.70 bits per heavy atom. The Morgan fingerprint density at radius 2 is 2.10 bits per heavy atom. The van der Waals surface area contributed by atoms with Gasteiger partial charge >= 0.3 is 5.97 Å². The molecule has 1 aliphatic rings. The monoisotopic (exact) mass is 299 g/mol. The van der Waals surface area contributed by atoms with Gasteiger partial charge in [0.05, 0.1) is 17.0 Å². The number of carboxylic acids is 1. The minimum Gasteiger partial charge on any atom is -0.478 e. The van der Waals surface area contributed by atoms with Gasteiger partial charge in [0.2, 0.25) is 15.9 Å². The summed E-state index contributed by atoms with van der Waals surface area (Å²) in [5.41, 5.74) is 5.29. The summed E-state index contributed by atoms with van der Waals surface area (Å²) in [5, 5.41) is 11.6. The Hall–Kier alpha value is -2.13. The van der Waals surface area contributed by atoms with Crippen LogP contribution in [-0.2, 0) is 14.8 Å². The van der Waals surface area contributed by atoms with Crippen LogP contribution in [-0.4, -0.2) is 49.3 Å². The van der Waals surface area contributed by atoms with E-state index in [2.05, 4.69) is 5.32 Å². The first-order chi connectivity index (χ1) is 9.32. The molecule has 8 nitrogen and oxygen atoms in total. The fourth-order valence-electron chi connectivity index (χ4n) is 1.89. The summed E-state index contributed by atoms with van der Waals surface area (Å²) >= 11 is 0. The number of piperazine rings is 1. The number of nitrogen functional groups attached to an aromatic ring is 1. The van der Waals surface area contributed by atoms with Gasteiger partial charge in [-0.25, -0.2) is 13.2 Å². The van der Waals surface area contributed by atoms with E-state index in [1.54, 1.807) is 0 Å². The summed E-state index contributed by atoms with van der Waals surface area (Å²) in [5.74, 6) is -1.80. The normalized spacial score (nSPS) is 16.7. The number of amides is 1. The number of nitrogens with two attached hydrogens (primary N) is 1. The molecule has 1 fully saturated rings. The first-order valence-corrected chi connectivity index (χ1v) is 7.16. The number of rotatable bonds is 3. The molecule has 0 radical (unpaired) electrons. The number of sulfonamides is 1. The van der Waals surface area contributed by atoms with Crippen LogP contribution in [0.5, 0.6) is 0 Å². The van der Waals surface area contributed by atoms with Crippen molar-refractivity contribution in [1.29, 1.82) is 0 Å². The summed E-state index contributed by atoms with van der Waals surface area (Å²) in [7, 11) is -4.08. The summed E-state index contributed by atoms with van der Waals surface area (Å²) in [6.07, 6.45) is 0. The van der Waals surface area contributed by atoms with Crippen LogP contribution in [0.2, 0.25) is 0 Å². The quantitative estimate of drug-likeness (QED) is 0.619. The standard InChI is InChI=1S/C11H13N3O5S/c12-7-1-2-8(11(16)17)9(5-7)20(18,19)14-4-3-13-10(15)6-14/h1-2,5H,3-4,6,12H2,(H,13,15)(H,16,17). The highest BCUT2D eigenvalue weighted by Gasteiger charge is 2.32. The van der Waals surface area contributed by atoms with Gasteiger partial charge in [-0.1, -0.05) is 0 Å². The number of carbonyl (C=O) groups excluding carboxylic acids is 1. The van der Waals surface area contributed by atoms with Crippen LogP contribution >= 0.6 is 0 Å². The predicted molar refractivity (Wildman–Crippen MR) is 69.6 cm³/mol. The van der Waals surface area contributed by atoms with Crippen molar-refractivity contribution in [1.82, 2.24) is 9.62 Å². The van der Waals surface area contributed by atoms with Crippen LogP contribution in [0.1, 0.15) is 10.4 Å². The summed E-state index contributed by atoms with van der Waals surface area (Å²) in [6.45, 7) is -0.0685. The Balaban J connectivity index is 2.51. The van der Waals surface area contributed by atoms with Crippen molar-refractivity contribution in [3.05, 3.63) is 23.8 Å². The number of nitrogens with zero attached hydrogens (tertiary/aromatic N) is 1. The lowest BCUT2D eigenvalue weighted by Gasteiger charge is -2.26. The smallest absolute Gasteiger partial charge is 0.337 e. The average molecular weight is 299 g/mol. The van der Waals surface area contributed by atoms with Crippen LogP contribution < -0.4 is 11.1 Å². The van der Waals surface area contributed by atoms with Gasteiger partial charge in [0.15, 0.2) is 0 Å². The number of hydrogen-bond donors (Lipinski definition) is 3. The fraction of sp³-hybridized carbons (Fsp3) is 0.273. The molecule has 0 saturated carbocycles. The van der Waals surface area contributed by atoms with E-state index in [1.165, 1.54) is 6.07 Å². The Labute approximate surface area is 115 Å². The van der Waals surface area contributed by atoms with Crippen LogP contribution in [0.15, 0.2) is 23.1 Å². The highest BCUT2D eigenvalue weighted by atomic mass is 32.2. The van der Waals surface area contributed by atoms with E-state index in [0.717, 1.165) is 16.4 Å². The summed E-state index contributed by atoms with van der Waals surface area (Å²) < 4.78 is 25.8. The third kappa shape index (κ3) is 2.58. The Morgan fingerprint density at radius 1 is 1.40 bits per heavy atom. The molecule has 0 bridgehead atoms. The van der Waals surface area contributed by atoms with Crippen molar-refractivity contribution in [3.8, 4) is 0 Å². The van der Waals surface area contributed by atoms with Crippen molar-refractivity contribution < 1.29 is 23.1 Å². The van der Waals surface area contributed by atoms with Crippen LogP contribution in [0, 0.1) is 0 Å². The van der Waals surface area contributed by atoms with Gasteiger partial charge < -0.3 is 16.2 Å². The van der Waals surface area contributed by atoms with Gasteiger partial charge in [0.1, 0.15) is 0 Å². The maximum absolute atomic E-state index is 12.4. The van der Waals surface area contributed by atoms with E-state index in [0.29, 0.717) is 0 Å². The first kappa shape index (κ1) is 14.3. The number of carboxylic acid groups (broad SMARTS) is 1. The largest absolute Gasteiger partial charge is 0.478 e. The maximum Gasteiger partial charge on any atom is 0.337 e. The molecule has 108 valence electrons. The van der Waals surface area contributed by atoms with E-state index in [9.17, 15) is 18.0 Å². The van der Waals surface area contributed by atoms with Gasteiger partial charge in [-0.05, 0) is 18.2 Å². The van der Waals surface area contributed by atoms with Gasteiger partial charge in [-0.2, -0.15) is 4.31 Å². The minimum absolute atomic E-state index is 0.0852. The van der Waals surface area contributed by atoms with Crippen molar-refractivity contribution in [2.24, 2.45) is 0 Å². The molecule has 0 unspecified atom stereocenters. The molecule has 9 heteroatoms. The van der Waals surface area contributed by atoms with Crippen LogP contribution in [0.25, 0.3) is 0 Å². The SMILES string of the molecule is Nc1ccc(C(=O)O)c(S(=O)(=O)N2CCNC(=O)C2)c1. The number of hydrogen-bond acceptors (Lipinski definition) is 5. The van der Waals surface area contributed by atoms with Crippen molar-refractivity contribution in [2.45, 2.75) is 4.90 Å². The molecule has 0 aliphatic carbocycles. The Kier molecular flexibility index (Phi) is 3.64. The van der Waals surface area contributed by atoms with Crippen LogP contribution in [0.4, 0.5) is 5.69 Å². The lowest BCUT2D eigenvalue weighted by Crippen LogP contribution is -2.50. The third-order valence-electron chi connectivity index (χ3n) is 2.86. The van der Waals surface area contributed by atoms with Gasteiger partial charge in [0, 0.05) is 18.8 Å². The average Bonchev–Trinajstić information content (AvgIpc) is 2.38. The van der Waals surface area contributed by atoms with Gasteiger partial charge in [0.25, 0.3) is 0 Å². The van der Waals surface area contributed by atoms with E-state index in [-0.39, 0.29) is 30.9 Å². The van der Waals surface area contributed by atoms with Crippen molar-refractivity contribution in [3.63, 3.8) is 0 Å². The number of nitrogens with one attached hydrogen (secondary N) is 1. The summed E-state index contributed by atoms with van der Waals surface area (Å²) in [6, 6.07) is 3.53. The van der Waals surface area contributed by atoms with Crippen LogP contribution in [0.3, 0.4) is 0 Å². The number of aromatic carboxylic acids is 1. The molecule has 1 aromatic rings. The molecule has 1 aliphatic heterocycles. The fourth-order valence-corrected chi connectivity index (χ4v) is 3.50. The predicted octanol–water partition coefficient (Wildman–Crippen LogP) is -0.912. The topological polar surface area (TPSA) is 130 Å². The zero-order valence-corrected chi connectivity index (χ0v) is 11.2. The van der Waals surface area contributed by atoms with Crippen molar-refractivity contribution >= 4 is 27.6 Å². The van der Waals surface area contributed by atoms with Gasteiger partial charge in [-0.3, -0.25) is 4.79 Å². The van der Waals surface area contributed by atoms with Crippen molar-refractivity contribution in [2.75, 3.05) is 25.4 Å². The zero-order chi connectivity index (χ0) is 14.9. The molecule has 0 atom stereocenters. The maximum atomic E-state index is 12.4. The zero-order valence-electron chi connectivity index (χ0n) is 10.4. The van der Waals surface area contributed by atoms with E-state index in [1.807, 2.05) is 0 Å². The minimum atomic E-state index is -4.08. The molecule has 4 N–H and O–H groups in total. The van der Waals surface area contributed by atoms with E-state index in [4.69, 9.17) is 10.8 Å². The second kappa shape index (κ2) is 5.10. The highest BCUT2D eigenvalue weighted by molar-refractivity contribution is 7.89. The molecule has 1 saturated heterocycles. The first-order valence-electron chi connectivity index (χ1n) is 5.72. The van der Waals surface area contributed by atoms with Gasteiger partial charge in [-0.15, -0.1) is 0 Å². The second-order valence-electron chi connectivity index (χ2n) is 4.25. The number of carbonyl (C=O) groups is 2. The number of anilines is 1. The Bertz CT molecular complexity index is 671. The van der Waals surface area contributed by atoms with E-state index < -0.39 is 26.8 Å². The second-order valence-corrected chi connectivity index (χ2v) is 6.16. The van der Waals surface area contributed by atoms with E-state index >= 15 is 0 Å². The third-order valence-corrected chi connectivity index (χ3v) is 4.74.